The van der Waals surface area contributed by atoms with Crippen LogP contribution in [-0.2, 0) is 6.42 Å². The standard InChI is InChI=1S/C16H23N3/c1-12(2)19-8-7-17-14(11-19)9-13-10-18-16-6-4-3-5-15(13)16/h3-6,10,12,14,17-18H,7-9,11H2,1-2H3. The van der Waals surface area contributed by atoms with E-state index in [4.69, 9.17) is 0 Å². The minimum absolute atomic E-state index is 0.565. The number of hydrogen-bond donors (Lipinski definition) is 2. The third-order valence-electron chi connectivity index (χ3n) is 4.16. The van der Waals surface area contributed by atoms with Crippen LogP contribution in [0.15, 0.2) is 30.5 Å². The number of para-hydroxylation sites is 1. The first-order valence-electron chi connectivity index (χ1n) is 7.26. The molecule has 102 valence electrons. The largest absolute Gasteiger partial charge is 0.361 e. The van der Waals surface area contributed by atoms with Gasteiger partial charge in [-0.15, -0.1) is 0 Å². The summed E-state index contributed by atoms with van der Waals surface area (Å²) in [6, 6.07) is 9.77. The van der Waals surface area contributed by atoms with Crippen LogP contribution < -0.4 is 5.32 Å². The fourth-order valence-corrected chi connectivity index (χ4v) is 3.02. The summed E-state index contributed by atoms with van der Waals surface area (Å²) >= 11 is 0. The van der Waals surface area contributed by atoms with Crippen molar-refractivity contribution in [2.45, 2.75) is 32.4 Å². The maximum atomic E-state index is 3.65. The Labute approximate surface area is 115 Å². The monoisotopic (exact) mass is 257 g/mol. The lowest BCUT2D eigenvalue weighted by Crippen LogP contribution is -2.53. The number of aromatic nitrogens is 1. The van der Waals surface area contributed by atoms with Crippen molar-refractivity contribution in [3.63, 3.8) is 0 Å². The van der Waals surface area contributed by atoms with E-state index >= 15 is 0 Å². The molecule has 3 rings (SSSR count). The van der Waals surface area contributed by atoms with Gasteiger partial charge in [-0.3, -0.25) is 4.90 Å². The number of aromatic amines is 1. The van der Waals surface area contributed by atoms with Gasteiger partial charge in [0.15, 0.2) is 0 Å². The summed E-state index contributed by atoms with van der Waals surface area (Å²) in [5, 5.41) is 5.02. The van der Waals surface area contributed by atoms with Crippen LogP contribution in [0.2, 0.25) is 0 Å². The topological polar surface area (TPSA) is 31.1 Å². The molecule has 2 aromatic rings. The Morgan fingerprint density at radius 2 is 2.16 bits per heavy atom. The van der Waals surface area contributed by atoms with Crippen LogP contribution in [0.4, 0.5) is 0 Å². The Balaban J connectivity index is 1.74. The summed E-state index contributed by atoms with van der Waals surface area (Å²) < 4.78 is 0. The number of nitrogens with zero attached hydrogens (tertiary/aromatic N) is 1. The summed E-state index contributed by atoms with van der Waals surface area (Å²) in [5.41, 5.74) is 2.67. The van der Waals surface area contributed by atoms with Crippen molar-refractivity contribution < 1.29 is 0 Å². The first-order chi connectivity index (χ1) is 9.24. The normalized spacial score (nSPS) is 21.3. The quantitative estimate of drug-likeness (QED) is 0.884. The van der Waals surface area contributed by atoms with Crippen LogP contribution in [0.3, 0.4) is 0 Å². The zero-order chi connectivity index (χ0) is 13.2. The molecule has 1 atom stereocenters. The molecule has 1 aromatic carbocycles. The first-order valence-corrected chi connectivity index (χ1v) is 7.26. The van der Waals surface area contributed by atoms with Gasteiger partial charge < -0.3 is 10.3 Å². The molecule has 1 aliphatic heterocycles. The molecule has 0 amide bonds. The average molecular weight is 257 g/mol. The number of piperazine rings is 1. The molecule has 0 spiro atoms. The molecular weight excluding hydrogens is 234 g/mol. The minimum atomic E-state index is 0.565. The van der Waals surface area contributed by atoms with Crippen LogP contribution in [-0.4, -0.2) is 41.6 Å². The highest BCUT2D eigenvalue weighted by Crippen LogP contribution is 2.20. The van der Waals surface area contributed by atoms with Gasteiger partial charge in [0.1, 0.15) is 0 Å². The molecule has 1 fully saturated rings. The van der Waals surface area contributed by atoms with E-state index in [1.807, 2.05) is 0 Å². The average Bonchev–Trinajstić information content (AvgIpc) is 2.83. The molecule has 0 radical (unpaired) electrons. The minimum Gasteiger partial charge on any atom is -0.361 e. The van der Waals surface area contributed by atoms with Gasteiger partial charge >= 0.3 is 0 Å². The highest BCUT2D eigenvalue weighted by atomic mass is 15.2. The van der Waals surface area contributed by atoms with E-state index in [-0.39, 0.29) is 0 Å². The maximum absolute atomic E-state index is 3.65. The fraction of sp³-hybridized carbons (Fsp3) is 0.500. The van der Waals surface area contributed by atoms with E-state index in [9.17, 15) is 0 Å². The van der Waals surface area contributed by atoms with Crippen molar-refractivity contribution in [3.05, 3.63) is 36.0 Å². The van der Waals surface area contributed by atoms with Gasteiger partial charge in [0.25, 0.3) is 0 Å². The zero-order valence-corrected chi connectivity index (χ0v) is 11.8. The van der Waals surface area contributed by atoms with Crippen molar-refractivity contribution in [1.29, 1.82) is 0 Å². The SMILES string of the molecule is CC(C)N1CCNC(Cc2c[nH]c3ccccc23)C1. The summed E-state index contributed by atoms with van der Waals surface area (Å²) in [6.07, 6.45) is 3.27. The van der Waals surface area contributed by atoms with Gasteiger partial charge in [-0.2, -0.15) is 0 Å². The molecule has 1 saturated heterocycles. The van der Waals surface area contributed by atoms with Crippen molar-refractivity contribution in [3.8, 4) is 0 Å². The Morgan fingerprint density at radius 3 is 3.00 bits per heavy atom. The Kier molecular flexibility index (Phi) is 3.58. The number of nitrogens with one attached hydrogen (secondary N) is 2. The second kappa shape index (κ2) is 5.35. The first kappa shape index (κ1) is 12.7. The molecule has 3 nitrogen and oxygen atoms in total. The molecular formula is C16H23N3. The molecule has 0 aliphatic carbocycles. The summed E-state index contributed by atoms with van der Waals surface area (Å²) in [5.74, 6) is 0. The summed E-state index contributed by atoms with van der Waals surface area (Å²) in [4.78, 5) is 5.94. The lowest BCUT2D eigenvalue weighted by Gasteiger charge is -2.36. The van der Waals surface area contributed by atoms with E-state index in [1.165, 1.54) is 23.0 Å². The summed E-state index contributed by atoms with van der Waals surface area (Å²) in [6.45, 7) is 7.99. The van der Waals surface area contributed by atoms with E-state index < -0.39 is 0 Å². The number of rotatable bonds is 3. The molecule has 2 N–H and O–H groups in total. The van der Waals surface area contributed by atoms with E-state index in [1.54, 1.807) is 0 Å². The third-order valence-corrected chi connectivity index (χ3v) is 4.16. The van der Waals surface area contributed by atoms with Gasteiger partial charge in [0, 0.05) is 48.8 Å². The number of benzene rings is 1. The lowest BCUT2D eigenvalue weighted by molar-refractivity contribution is 0.161. The van der Waals surface area contributed by atoms with E-state index in [2.05, 4.69) is 59.5 Å². The van der Waals surface area contributed by atoms with E-state index in [0.717, 1.165) is 19.5 Å². The van der Waals surface area contributed by atoms with Gasteiger partial charge in [0.2, 0.25) is 0 Å². The Hall–Kier alpha value is -1.32. The molecule has 3 heteroatoms. The van der Waals surface area contributed by atoms with Gasteiger partial charge in [-0.1, -0.05) is 18.2 Å². The van der Waals surface area contributed by atoms with Crippen LogP contribution in [0.25, 0.3) is 10.9 Å². The van der Waals surface area contributed by atoms with Gasteiger partial charge in [-0.05, 0) is 31.9 Å². The highest BCUT2D eigenvalue weighted by Gasteiger charge is 2.21. The van der Waals surface area contributed by atoms with Crippen LogP contribution >= 0.6 is 0 Å². The predicted molar refractivity (Wildman–Crippen MR) is 80.5 cm³/mol. The van der Waals surface area contributed by atoms with Gasteiger partial charge in [0.05, 0.1) is 0 Å². The number of H-pyrrole nitrogens is 1. The number of fused-ring (bicyclic) bond motifs is 1. The van der Waals surface area contributed by atoms with Crippen molar-refractivity contribution in [1.82, 2.24) is 15.2 Å². The second-order valence-corrected chi connectivity index (χ2v) is 5.80. The van der Waals surface area contributed by atoms with Gasteiger partial charge in [-0.25, -0.2) is 0 Å². The maximum Gasteiger partial charge on any atom is 0.0456 e. The Morgan fingerprint density at radius 1 is 1.32 bits per heavy atom. The van der Waals surface area contributed by atoms with Crippen molar-refractivity contribution in [2.75, 3.05) is 19.6 Å². The predicted octanol–water partition coefficient (Wildman–Crippen LogP) is 2.39. The van der Waals surface area contributed by atoms with Crippen molar-refractivity contribution >= 4 is 10.9 Å². The lowest BCUT2D eigenvalue weighted by atomic mass is 10.0. The molecule has 19 heavy (non-hydrogen) atoms. The Bertz CT molecular complexity index is 544. The van der Waals surface area contributed by atoms with Crippen LogP contribution in [0.5, 0.6) is 0 Å². The molecule has 1 aromatic heterocycles. The molecule has 2 heterocycles. The van der Waals surface area contributed by atoms with Crippen molar-refractivity contribution in [2.24, 2.45) is 0 Å². The zero-order valence-electron chi connectivity index (χ0n) is 11.8. The fourth-order valence-electron chi connectivity index (χ4n) is 3.02. The second-order valence-electron chi connectivity index (χ2n) is 5.80. The third kappa shape index (κ3) is 2.67. The smallest absolute Gasteiger partial charge is 0.0456 e. The van der Waals surface area contributed by atoms with Crippen LogP contribution in [0.1, 0.15) is 19.4 Å². The van der Waals surface area contributed by atoms with E-state index in [0.29, 0.717) is 12.1 Å². The summed E-state index contributed by atoms with van der Waals surface area (Å²) in [7, 11) is 0. The number of hydrogen-bond acceptors (Lipinski definition) is 2. The van der Waals surface area contributed by atoms with Crippen LogP contribution in [0, 0.1) is 0 Å². The highest BCUT2D eigenvalue weighted by molar-refractivity contribution is 5.83. The molecule has 1 unspecified atom stereocenters. The molecule has 1 aliphatic rings. The molecule has 0 bridgehead atoms. The molecule has 0 saturated carbocycles.